The van der Waals surface area contributed by atoms with Crippen LogP contribution in [0, 0.1) is 0 Å². The van der Waals surface area contributed by atoms with E-state index in [-0.39, 0.29) is 29.6 Å². The Hall–Kier alpha value is 0.960. The summed E-state index contributed by atoms with van der Waals surface area (Å²) in [6.45, 7) is 3.22. The first-order valence-electron chi connectivity index (χ1n) is 6.90. The molecule has 0 N–H and O–H groups in total. The fourth-order valence-corrected chi connectivity index (χ4v) is 1.91. The Morgan fingerprint density at radius 3 is 1.38 bits per heavy atom. The Morgan fingerprint density at radius 1 is 0.625 bits per heavy atom. The Kier molecular flexibility index (Phi) is 22.1. The van der Waals surface area contributed by atoms with Crippen molar-refractivity contribution in [2.75, 3.05) is 13.7 Å². The quantitative estimate of drug-likeness (QED) is 0.364. The molecule has 1 nitrogen and oxygen atoms in total. The zero-order valence-corrected chi connectivity index (χ0v) is 10.9. The zero-order valence-electron chi connectivity index (χ0n) is 10.9. The molecular formula is C14H31NaO. The minimum absolute atomic E-state index is 0. The van der Waals surface area contributed by atoms with E-state index >= 15 is 0 Å². The van der Waals surface area contributed by atoms with E-state index in [0.717, 1.165) is 6.61 Å². The Morgan fingerprint density at radius 2 is 1.00 bits per heavy atom. The molecule has 0 aromatic carbocycles. The fourth-order valence-electron chi connectivity index (χ4n) is 1.91. The van der Waals surface area contributed by atoms with Crippen molar-refractivity contribution >= 4 is 29.6 Å². The molecule has 0 radical (unpaired) electrons. The van der Waals surface area contributed by atoms with Crippen molar-refractivity contribution in [2.24, 2.45) is 0 Å². The fraction of sp³-hybridized carbons (Fsp3) is 1.00. The van der Waals surface area contributed by atoms with Crippen molar-refractivity contribution in [3.63, 3.8) is 0 Å². The normalized spacial score (nSPS) is 10.1. The van der Waals surface area contributed by atoms with Gasteiger partial charge in [-0.05, 0) is 6.42 Å². The molecule has 0 spiro atoms. The molecule has 16 heavy (non-hydrogen) atoms. The van der Waals surface area contributed by atoms with Gasteiger partial charge in [-0.2, -0.15) is 0 Å². The van der Waals surface area contributed by atoms with Gasteiger partial charge in [0.15, 0.2) is 0 Å². The van der Waals surface area contributed by atoms with Crippen LogP contribution in [0.3, 0.4) is 0 Å². The number of hydrogen-bond acceptors (Lipinski definition) is 1. The van der Waals surface area contributed by atoms with Gasteiger partial charge in [0.25, 0.3) is 0 Å². The van der Waals surface area contributed by atoms with E-state index in [9.17, 15) is 0 Å². The van der Waals surface area contributed by atoms with E-state index in [1.807, 2.05) is 0 Å². The van der Waals surface area contributed by atoms with Crippen LogP contribution in [-0.2, 0) is 4.74 Å². The van der Waals surface area contributed by atoms with E-state index in [1.165, 1.54) is 70.6 Å². The molecule has 94 valence electrons. The number of unbranched alkanes of at least 4 members (excludes halogenated alkanes) is 10. The van der Waals surface area contributed by atoms with Crippen LogP contribution in [0.5, 0.6) is 0 Å². The third-order valence-electron chi connectivity index (χ3n) is 2.95. The van der Waals surface area contributed by atoms with E-state index in [0.29, 0.717) is 0 Å². The van der Waals surface area contributed by atoms with Gasteiger partial charge in [0.2, 0.25) is 0 Å². The summed E-state index contributed by atoms with van der Waals surface area (Å²) in [6, 6.07) is 0. The van der Waals surface area contributed by atoms with Gasteiger partial charge in [-0.25, -0.2) is 0 Å². The van der Waals surface area contributed by atoms with Gasteiger partial charge >= 0.3 is 29.6 Å². The molecule has 0 heterocycles. The Bertz CT molecular complexity index is 94.9. The standard InChI is InChI=1S/C14H30O.Na.H/c1-3-4-5-6-7-8-9-10-11-12-13-14-15-2;;/h3-14H2,1-2H3;;. The van der Waals surface area contributed by atoms with Gasteiger partial charge in [-0.15, -0.1) is 0 Å². The van der Waals surface area contributed by atoms with Crippen molar-refractivity contribution < 1.29 is 4.74 Å². The van der Waals surface area contributed by atoms with E-state index in [1.54, 1.807) is 7.11 Å². The molecule has 0 aromatic rings. The molecule has 0 bridgehead atoms. The monoisotopic (exact) mass is 238 g/mol. The van der Waals surface area contributed by atoms with Crippen LogP contribution in [0.1, 0.15) is 77.6 Å². The number of methoxy groups -OCH3 is 1. The van der Waals surface area contributed by atoms with Crippen molar-refractivity contribution in [1.29, 1.82) is 0 Å². The van der Waals surface area contributed by atoms with Crippen molar-refractivity contribution in [2.45, 2.75) is 77.6 Å². The summed E-state index contributed by atoms with van der Waals surface area (Å²) in [5, 5.41) is 0. The molecule has 0 aliphatic carbocycles. The van der Waals surface area contributed by atoms with E-state index in [2.05, 4.69) is 6.92 Å². The SMILES string of the molecule is CCCCCCCCCCCCCOC.[NaH]. The molecular weight excluding hydrogens is 207 g/mol. The molecule has 0 aromatic heterocycles. The van der Waals surface area contributed by atoms with Gasteiger partial charge in [-0.3, -0.25) is 0 Å². The second-order valence-electron chi connectivity index (χ2n) is 4.53. The second-order valence-corrected chi connectivity index (χ2v) is 4.53. The molecule has 0 rings (SSSR count). The maximum absolute atomic E-state index is 5.02. The predicted octanol–water partition coefficient (Wildman–Crippen LogP) is 4.30. The summed E-state index contributed by atoms with van der Waals surface area (Å²) in [7, 11) is 1.79. The number of ether oxygens (including phenoxy) is 1. The summed E-state index contributed by atoms with van der Waals surface area (Å²) in [4.78, 5) is 0. The average Bonchev–Trinajstić information content (AvgIpc) is 2.26. The van der Waals surface area contributed by atoms with Crippen molar-refractivity contribution in [3.8, 4) is 0 Å². The summed E-state index contributed by atoms with van der Waals surface area (Å²) < 4.78 is 5.02. The van der Waals surface area contributed by atoms with Crippen LogP contribution in [0.25, 0.3) is 0 Å². The maximum atomic E-state index is 5.02. The van der Waals surface area contributed by atoms with Gasteiger partial charge < -0.3 is 4.74 Å². The number of rotatable bonds is 12. The first-order chi connectivity index (χ1) is 7.41. The Balaban J connectivity index is 0. The molecule has 0 aliphatic rings. The summed E-state index contributed by atoms with van der Waals surface area (Å²) in [5.74, 6) is 0. The molecule has 0 saturated heterocycles. The van der Waals surface area contributed by atoms with Crippen molar-refractivity contribution in [3.05, 3.63) is 0 Å². The van der Waals surface area contributed by atoms with Crippen LogP contribution in [0.15, 0.2) is 0 Å². The van der Waals surface area contributed by atoms with Gasteiger partial charge in [0.1, 0.15) is 0 Å². The zero-order chi connectivity index (χ0) is 11.2. The van der Waals surface area contributed by atoms with E-state index in [4.69, 9.17) is 4.74 Å². The number of hydrogen-bond donors (Lipinski definition) is 0. The first kappa shape index (κ1) is 19.3. The van der Waals surface area contributed by atoms with Crippen LogP contribution in [-0.4, -0.2) is 43.3 Å². The summed E-state index contributed by atoms with van der Waals surface area (Å²) in [5.41, 5.74) is 0. The van der Waals surface area contributed by atoms with Gasteiger partial charge in [-0.1, -0.05) is 71.1 Å². The van der Waals surface area contributed by atoms with Crippen LogP contribution < -0.4 is 0 Å². The molecule has 0 aliphatic heterocycles. The molecule has 2 heteroatoms. The second kappa shape index (κ2) is 18.3. The summed E-state index contributed by atoms with van der Waals surface area (Å²) >= 11 is 0. The van der Waals surface area contributed by atoms with E-state index < -0.39 is 0 Å². The predicted molar refractivity (Wildman–Crippen MR) is 75.5 cm³/mol. The minimum atomic E-state index is 0. The molecule has 0 fully saturated rings. The van der Waals surface area contributed by atoms with Gasteiger partial charge in [0, 0.05) is 13.7 Å². The third-order valence-corrected chi connectivity index (χ3v) is 2.95. The third kappa shape index (κ3) is 17.4. The molecule has 0 amide bonds. The van der Waals surface area contributed by atoms with Crippen LogP contribution in [0.2, 0.25) is 0 Å². The van der Waals surface area contributed by atoms with Crippen molar-refractivity contribution in [1.82, 2.24) is 0 Å². The molecule has 0 atom stereocenters. The summed E-state index contributed by atoms with van der Waals surface area (Å²) in [6.07, 6.45) is 15.5. The van der Waals surface area contributed by atoms with Crippen LogP contribution >= 0.6 is 0 Å². The Labute approximate surface area is 125 Å². The first-order valence-corrected chi connectivity index (χ1v) is 6.90. The topological polar surface area (TPSA) is 9.23 Å². The van der Waals surface area contributed by atoms with Gasteiger partial charge in [0.05, 0.1) is 0 Å². The molecule has 0 unspecified atom stereocenters. The molecule has 0 saturated carbocycles. The average molecular weight is 238 g/mol. The van der Waals surface area contributed by atoms with Crippen LogP contribution in [0.4, 0.5) is 0 Å².